The van der Waals surface area contributed by atoms with Gasteiger partial charge in [-0.05, 0) is 37.3 Å². The third-order valence-electron chi connectivity index (χ3n) is 3.62. The fraction of sp³-hybridized carbons (Fsp3) is 0.0556. The Kier molecular flexibility index (Phi) is 5.28. The molecule has 0 aliphatic rings. The lowest BCUT2D eigenvalue weighted by Gasteiger charge is -2.09. The molecule has 0 bridgehead atoms. The standard InChI is InChI=1S/C18H14ClN5O3/c1-11-8-17(21-10-20-11)22-12-2-4-13(5-3-12)23-18(25)15-9-14(24(26)27)6-7-16(15)19/h2-10H,1H3,(H,23,25)(H,20,21,22). The highest BCUT2D eigenvalue weighted by molar-refractivity contribution is 6.34. The lowest BCUT2D eigenvalue weighted by atomic mass is 10.1. The number of hydrogen-bond donors (Lipinski definition) is 2. The molecule has 0 atom stereocenters. The van der Waals surface area contributed by atoms with E-state index in [9.17, 15) is 14.9 Å². The lowest BCUT2D eigenvalue weighted by Crippen LogP contribution is -2.12. The molecule has 0 saturated heterocycles. The van der Waals surface area contributed by atoms with Gasteiger partial charge in [0.25, 0.3) is 11.6 Å². The summed E-state index contributed by atoms with van der Waals surface area (Å²) in [6.45, 7) is 1.87. The van der Waals surface area contributed by atoms with Crippen LogP contribution in [-0.2, 0) is 0 Å². The van der Waals surface area contributed by atoms with Crippen LogP contribution in [0, 0.1) is 17.0 Å². The molecule has 0 spiro atoms. The molecule has 0 fully saturated rings. The van der Waals surface area contributed by atoms with Gasteiger partial charge in [0.05, 0.1) is 15.5 Å². The largest absolute Gasteiger partial charge is 0.340 e. The SMILES string of the molecule is Cc1cc(Nc2ccc(NC(=O)c3cc([N+](=O)[O-])ccc3Cl)cc2)ncn1. The fourth-order valence-electron chi connectivity index (χ4n) is 2.31. The lowest BCUT2D eigenvalue weighted by molar-refractivity contribution is -0.384. The smallest absolute Gasteiger partial charge is 0.270 e. The molecule has 136 valence electrons. The van der Waals surface area contributed by atoms with E-state index in [2.05, 4.69) is 20.6 Å². The molecule has 27 heavy (non-hydrogen) atoms. The quantitative estimate of drug-likeness (QED) is 0.500. The van der Waals surface area contributed by atoms with Crippen molar-refractivity contribution in [2.75, 3.05) is 10.6 Å². The molecule has 0 aliphatic carbocycles. The molecule has 1 amide bonds. The van der Waals surface area contributed by atoms with Crippen molar-refractivity contribution in [2.24, 2.45) is 0 Å². The Hall–Kier alpha value is -3.52. The summed E-state index contributed by atoms with van der Waals surface area (Å²) in [5.74, 6) is 0.124. The van der Waals surface area contributed by atoms with Gasteiger partial charge in [-0.15, -0.1) is 0 Å². The number of nitro groups is 1. The van der Waals surface area contributed by atoms with Gasteiger partial charge in [-0.2, -0.15) is 0 Å². The van der Waals surface area contributed by atoms with E-state index >= 15 is 0 Å². The first-order valence-corrected chi connectivity index (χ1v) is 8.21. The van der Waals surface area contributed by atoms with Crippen molar-refractivity contribution >= 4 is 40.4 Å². The Balaban J connectivity index is 1.72. The number of carbonyl (C=O) groups excluding carboxylic acids is 1. The molecule has 3 rings (SSSR count). The summed E-state index contributed by atoms with van der Waals surface area (Å²) in [5.41, 5.74) is 1.96. The van der Waals surface area contributed by atoms with Crippen molar-refractivity contribution in [1.29, 1.82) is 0 Å². The van der Waals surface area contributed by atoms with E-state index < -0.39 is 10.8 Å². The first-order valence-electron chi connectivity index (χ1n) is 7.83. The molecule has 8 nitrogen and oxygen atoms in total. The van der Waals surface area contributed by atoms with E-state index in [1.165, 1.54) is 18.5 Å². The van der Waals surface area contributed by atoms with Gasteiger partial charge >= 0.3 is 0 Å². The summed E-state index contributed by atoms with van der Waals surface area (Å²) in [4.78, 5) is 30.8. The van der Waals surface area contributed by atoms with Crippen LogP contribution in [0.3, 0.4) is 0 Å². The second kappa shape index (κ2) is 7.79. The normalized spacial score (nSPS) is 10.3. The Morgan fingerprint density at radius 2 is 1.78 bits per heavy atom. The Morgan fingerprint density at radius 1 is 1.07 bits per heavy atom. The van der Waals surface area contributed by atoms with E-state index in [1.54, 1.807) is 30.3 Å². The van der Waals surface area contributed by atoms with Gasteiger partial charge in [0, 0.05) is 35.3 Å². The molecule has 0 saturated carbocycles. The number of non-ortho nitro benzene ring substituents is 1. The highest BCUT2D eigenvalue weighted by Crippen LogP contribution is 2.24. The minimum Gasteiger partial charge on any atom is -0.340 e. The third-order valence-corrected chi connectivity index (χ3v) is 3.95. The maximum Gasteiger partial charge on any atom is 0.270 e. The summed E-state index contributed by atoms with van der Waals surface area (Å²) in [6, 6.07) is 12.4. The van der Waals surface area contributed by atoms with Crippen molar-refractivity contribution in [2.45, 2.75) is 6.92 Å². The van der Waals surface area contributed by atoms with Gasteiger partial charge in [0.15, 0.2) is 0 Å². The maximum atomic E-state index is 12.4. The minimum absolute atomic E-state index is 0.0320. The maximum absolute atomic E-state index is 12.4. The number of nitrogens with zero attached hydrogens (tertiary/aromatic N) is 3. The zero-order chi connectivity index (χ0) is 19.4. The third kappa shape index (κ3) is 4.56. The average molecular weight is 384 g/mol. The van der Waals surface area contributed by atoms with Crippen LogP contribution in [0.2, 0.25) is 5.02 Å². The molecule has 1 aromatic heterocycles. The van der Waals surface area contributed by atoms with Gasteiger partial charge in [-0.25, -0.2) is 9.97 Å². The summed E-state index contributed by atoms with van der Waals surface area (Å²) in [7, 11) is 0. The Bertz CT molecular complexity index is 1010. The predicted octanol–water partition coefficient (Wildman–Crippen LogP) is 4.34. The van der Waals surface area contributed by atoms with Crippen LogP contribution in [-0.4, -0.2) is 20.8 Å². The van der Waals surface area contributed by atoms with E-state index in [-0.39, 0.29) is 16.3 Å². The first-order chi connectivity index (χ1) is 12.9. The van der Waals surface area contributed by atoms with Crippen LogP contribution in [0.25, 0.3) is 0 Å². The summed E-state index contributed by atoms with van der Waals surface area (Å²) in [5, 5.41) is 16.8. The van der Waals surface area contributed by atoms with E-state index in [1.807, 2.05) is 6.92 Å². The highest BCUT2D eigenvalue weighted by Gasteiger charge is 2.16. The number of halogens is 1. The van der Waals surface area contributed by atoms with Crippen LogP contribution in [0.1, 0.15) is 16.1 Å². The summed E-state index contributed by atoms with van der Waals surface area (Å²) >= 11 is 5.98. The Morgan fingerprint density at radius 3 is 2.44 bits per heavy atom. The van der Waals surface area contributed by atoms with Crippen molar-refractivity contribution in [3.05, 3.63) is 81.3 Å². The highest BCUT2D eigenvalue weighted by atomic mass is 35.5. The van der Waals surface area contributed by atoms with Gasteiger partial charge in [-0.3, -0.25) is 14.9 Å². The number of amides is 1. The second-order valence-corrected chi connectivity index (χ2v) is 6.03. The number of nitro benzene ring substituents is 1. The number of nitrogens with one attached hydrogen (secondary N) is 2. The van der Waals surface area contributed by atoms with E-state index in [4.69, 9.17) is 11.6 Å². The first kappa shape index (κ1) is 18.3. The second-order valence-electron chi connectivity index (χ2n) is 5.62. The zero-order valence-electron chi connectivity index (χ0n) is 14.1. The van der Waals surface area contributed by atoms with Gasteiger partial charge in [0.2, 0.25) is 0 Å². The summed E-state index contributed by atoms with van der Waals surface area (Å²) in [6.07, 6.45) is 1.47. The molecular formula is C18H14ClN5O3. The minimum atomic E-state index is -0.581. The monoisotopic (exact) mass is 383 g/mol. The summed E-state index contributed by atoms with van der Waals surface area (Å²) < 4.78 is 0. The number of aryl methyl sites for hydroxylation is 1. The number of carbonyl (C=O) groups is 1. The van der Waals surface area contributed by atoms with Crippen molar-refractivity contribution in [3.8, 4) is 0 Å². The number of benzene rings is 2. The predicted molar refractivity (Wildman–Crippen MR) is 103 cm³/mol. The molecule has 0 unspecified atom stereocenters. The van der Waals surface area contributed by atoms with Crippen LogP contribution < -0.4 is 10.6 Å². The van der Waals surface area contributed by atoms with Gasteiger partial charge in [-0.1, -0.05) is 11.6 Å². The topological polar surface area (TPSA) is 110 Å². The van der Waals surface area contributed by atoms with Crippen molar-refractivity contribution < 1.29 is 9.72 Å². The fourth-order valence-corrected chi connectivity index (χ4v) is 2.51. The molecule has 9 heteroatoms. The molecule has 0 radical (unpaired) electrons. The van der Waals surface area contributed by atoms with Crippen LogP contribution >= 0.6 is 11.6 Å². The number of anilines is 3. The Labute approximate surface area is 159 Å². The van der Waals surface area contributed by atoms with Crippen LogP contribution in [0.5, 0.6) is 0 Å². The molecule has 0 aliphatic heterocycles. The molecule has 2 N–H and O–H groups in total. The van der Waals surface area contributed by atoms with Gasteiger partial charge in [0.1, 0.15) is 12.1 Å². The molecular weight excluding hydrogens is 370 g/mol. The number of aromatic nitrogens is 2. The van der Waals surface area contributed by atoms with E-state index in [0.29, 0.717) is 11.5 Å². The number of rotatable bonds is 5. The van der Waals surface area contributed by atoms with Crippen LogP contribution in [0.4, 0.5) is 22.9 Å². The number of hydrogen-bond acceptors (Lipinski definition) is 6. The van der Waals surface area contributed by atoms with Crippen molar-refractivity contribution in [3.63, 3.8) is 0 Å². The van der Waals surface area contributed by atoms with Gasteiger partial charge < -0.3 is 10.6 Å². The molecule has 2 aromatic carbocycles. The zero-order valence-corrected chi connectivity index (χ0v) is 14.9. The average Bonchev–Trinajstić information content (AvgIpc) is 2.63. The van der Waals surface area contributed by atoms with Crippen molar-refractivity contribution in [1.82, 2.24) is 9.97 Å². The molecule has 3 aromatic rings. The van der Waals surface area contributed by atoms with Crippen LogP contribution in [0.15, 0.2) is 54.9 Å². The van der Waals surface area contributed by atoms with E-state index in [0.717, 1.165) is 17.4 Å². The molecule has 1 heterocycles.